The van der Waals surface area contributed by atoms with E-state index in [1.807, 2.05) is 0 Å². The molecule has 2 heteroatoms. The lowest BCUT2D eigenvalue weighted by Gasteiger charge is -2.15. The van der Waals surface area contributed by atoms with Gasteiger partial charge in [-0.15, -0.1) is 0 Å². The second-order valence-corrected chi connectivity index (χ2v) is 7.23. The number of aromatic nitrogens is 1. The third kappa shape index (κ3) is 3.95. The SMILES string of the molecule is Cc1nc2cc(OC(C)CCCc3ccccc3)ccc2c2ccccc12. The first kappa shape index (κ1) is 17.5. The summed E-state index contributed by atoms with van der Waals surface area (Å²) in [4.78, 5) is 4.79. The summed E-state index contributed by atoms with van der Waals surface area (Å²) in [6, 6.07) is 25.4. The van der Waals surface area contributed by atoms with Gasteiger partial charge in [-0.05, 0) is 56.2 Å². The van der Waals surface area contributed by atoms with Gasteiger partial charge in [-0.2, -0.15) is 0 Å². The molecule has 0 N–H and O–H groups in total. The molecule has 1 atom stereocenters. The molecule has 1 aromatic heterocycles. The Morgan fingerprint density at radius 2 is 1.59 bits per heavy atom. The zero-order chi connectivity index (χ0) is 18.6. The van der Waals surface area contributed by atoms with E-state index < -0.39 is 0 Å². The number of ether oxygens (including phenoxy) is 1. The second-order valence-electron chi connectivity index (χ2n) is 7.23. The van der Waals surface area contributed by atoms with Gasteiger partial charge in [0.1, 0.15) is 5.75 Å². The van der Waals surface area contributed by atoms with E-state index in [-0.39, 0.29) is 6.10 Å². The van der Waals surface area contributed by atoms with Gasteiger partial charge < -0.3 is 4.74 Å². The van der Waals surface area contributed by atoms with Crippen LogP contribution in [0.5, 0.6) is 5.75 Å². The Kier molecular flexibility index (Phi) is 5.06. The fourth-order valence-corrected chi connectivity index (χ4v) is 3.71. The fraction of sp³-hybridized carbons (Fsp3) is 0.240. The smallest absolute Gasteiger partial charge is 0.121 e. The molecule has 0 saturated heterocycles. The molecule has 0 amide bonds. The van der Waals surface area contributed by atoms with E-state index in [0.717, 1.165) is 36.2 Å². The van der Waals surface area contributed by atoms with E-state index in [1.165, 1.54) is 21.7 Å². The van der Waals surface area contributed by atoms with Gasteiger partial charge in [0.05, 0.1) is 11.6 Å². The summed E-state index contributed by atoms with van der Waals surface area (Å²) in [7, 11) is 0. The summed E-state index contributed by atoms with van der Waals surface area (Å²) in [5.74, 6) is 0.900. The lowest BCUT2D eigenvalue weighted by molar-refractivity contribution is 0.208. The first-order valence-electron chi connectivity index (χ1n) is 9.70. The molecule has 0 aliphatic heterocycles. The molecule has 0 fully saturated rings. The summed E-state index contributed by atoms with van der Waals surface area (Å²) >= 11 is 0. The van der Waals surface area contributed by atoms with Crippen molar-refractivity contribution in [2.45, 2.75) is 39.2 Å². The Hall–Kier alpha value is -2.87. The summed E-state index contributed by atoms with van der Waals surface area (Å²) < 4.78 is 6.17. The van der Waals surface area contributed by atoms with E-state index in [1.54, 1.807) is 0 Å². The average Bonchev–Trinajstić information content (AvgIpc) is 2.69. The van der Waals surface area contributed by atoms with E-state index in [0.29, 0.717) is 0 Å². The molecule has 4 aromatic rings. The van der Waals surface area contributed by atoms with E-state index >= 15 is 0 Å². The predicted octanol–water partition coefficient (Wildman–Crippen LogP) is 6.49. The summed E-state index contributed by atoms with van der Waals surface area (Å²) in [5.41, 5.74) is 3.45. The minimum atomic E-state index is 0.188. The van der Waals surface area contributed by atoms with Crippen LogP contribution in [0.25, 0.3) is 21.7 Å². The summed E-state index contributed by atoms with van der Waals surface area (Å²) in [6.07, 6.45) is 3.45. The second kappa shape index (κ2) is 7.79. The van der Waals surface area contributed by atoms with Crippen molar-refractivity contribution in [2.24, 2.45) is 0 Å². The highest BCUT2D eigenvalue weighted by Crippen LogP contribution is 2.29. The maximum Gasteiger partial charge on any atom is 0.121 e. The standard InChI is InChI=1S/C25H25NO/c1-18(9-8-12-20-10-4-3-5-11-20)27-21-15-16-24-23-14-7-6-13-22(23)19(2)26-25(24)17-21/h3-7,10-11,13-18H,8-9,12H2,1-2H3. The Balaban J connectivity index is 1.46. The quantitative estimate of drug-likeness (QED) is 0.369. The number of rotatable bonds is 6. The van der Waals surface area contributed by atoms with E-state index in [4.69, 9.17) is 9.72 Å². The summed E-state index contributed by atoms with van der Waals surface area (Å²) in [5, 5.41) is 3.65. The van der Waals surface area contributed by atoms with Crippen LogP contribution in [0.1, 0.15) is 31.0 Å². The number of pyridine rings is 1. The molecular weight excluding hydrogens is 330 g/mol. The van der Waals surface area contributed by atoms with Gasteiger partial charge in [-0.1, -0.05) is 54.6 Å². The molecule has 4 rings (SSSR count). The van der Waals surface area contributed by atoms with Crippen molar-refractivity contribution in [3.05, 3.63) is 84.1 Å². The molecule has 136 valence electrons. The van der Waals surface area contributed by atoms with Crippen LogP contribution in [-0.4, -0.2) is 11.1 Å². The highest BCUT2D eigenvalue weighted by molar-refractivity contribution is 6.06. The van der Waals surface area contributed by atoms with Gasteiger partial charge >= 0.3 is 0 Å². The zero-order valence-electron chi connectivity index (χ0n) is 16.0. The van der Waals surface area contributed by atoms with Crippen molar-refractivity contribution in [1.29, 1.82) is 0 Å². The molecule has 0 saturated carbocycles. The van der Waals surface area contributed by atoms with Gasteiger partial charge in [-0.25, -0.2) is 0 Å². The molecule has 0 aliphatic rings. The van der Waals surface area contributed by atoms with Gasteiger partial charge in [0.2, 0.25) is 0 Å². The van der Waals surface area contributed by atoms with Crippen LogP contribution in [0.2, 0.25) is 0 Å². The van der Waals surface area contributed by atoms with Crippen LogP contribution < -0.4 is 4.74 Å². The zero-order valence-corrected chi connectivity index (χ0v) is 16.0. The average molecular weight is 355 g/mol. The molecule has 1 unspecified atom stereocenters. The summed E-state index contributed by atoms with van der Waals surface area (Å²) in [6.45, 7) is 4.22. The number of hydrogen-bond acceptors (Lipinski definition) is 2. The number of benzene rings is 3. The van der Waals surface area contributed by atoms with Crippen molar-refractivity contribution in [3.8, 4) is 5.75 Å². The minimum Gasteiger partial charge on any atom is -0.491 e. The van der Waals surface area contributed by atoms with E-state index in [2.05, 4.69) is 86.6 Å². The van der Waals surface area contributed by atoms with Crippen molar-refractivity contribution < 1.29 is 4.74 Å². The number of fused-ring (bicyclic) bond motifs is 3. The molecule has 2 nitrogen and oxygen atoms in total. The molecule has 3 aromatic carbocycles. The normalized spacial score (nSPS) is 12.4. The van der Waals surface area contributed by atoms with Crippen LogP contribution in [0.4, 0.5) is 0 Å². The maximum atomic E-state index is 6.17. The van der Waals surface area contributed by atoms with Crippen molar-refractivity contribution in [3.63, 3.8) is 0 Å². The number of aryl methyl sites for hydroxylation is 2. The third-order valence-corrected chi connectivity index (χ3v) is 5.12. The van der Waals surface area contributed by atoms with Gasteiger partial charge in [0, 0.05) is 22.5 Å². The molecule has 0 aliphatic carbocycles. The number of hydrogen-bond donors (Lipinski definition) is 0. The molecule has 0 spiro atoms. The van der Waals surface area contributed by atoms with Gasteiger partial charge in [-0.3, -0.25) is 4.98 Å². The van der Waals surface area contributed by atoms with E-state index in [9.17, 15) is 0 Å². The molecular formula is C25H25NO. The van der Waals surface area contributed by atoms with Crippen LogP contribution in [0, 0.1) is 6.92 Å². The Morgan fingerprint density at radius 3 is 2.41 bits per heavy atom. The first-order chi connectivity index (χ1) is 13.2. The Morgan fingerprint density at radius 1 is 0.852 bits per heavy atom. The van der Waals surface area contributed by atoms with Crippen molar-refractivity contribution in [2.75, 3.05) is 0 Å². The monoisotopic (exact) mass is 355 g/mol. The van der Waals surface area contributed by atoms with Crippen LogP contribution >= 0.6 is 0 Å². The van der Waals surface area contributed by atoms with Crippen molar-refractivity contribution in [1.82, 2.24) is 4.98 Å². The largest absolute Gasteiger partial charge is 0.491 e. The molecule has 0 bridgehead atoms. The highest BCUT2D eigenvalue weighted by Gasteiger charge is 2.09. The minimum absolute atomic E-state index is 0.188. The van der Waals surface area contributed by atoms with Crippen LogP contribution in [0.3, 0.4) is 0 Å². The predicted molar refractivity (Wildman–Crippen MR) is 113 cm³/mol. The topological polar surface area (TPSA) is 22.1 Å². The van der Waals surface area contributed by atoms with Gasteiger partial charge in [0.15, 0.2) is 0 Å². The molecule has 1 heterocycles. The lowest BCUT2D eigenvalue weighted by Crippen LogP contribution is -2.12. The van der Waals surface area contributed by atoms with Crippen molar-refractivity contribution >= 4 is 21.7 Å². The first-order valence-corrected chi connectivity index (χ1v) is 9.70. The van der Waals surface area contributed by atoms with Gasteiger partial charge in [0.25, 0.3) is 0 Å². The Labute approximate surface area is 160 Å². The highest BCUT2D eigenvalue weighted by atomic mass is 16.5. The molecule has 27 heavy (non-hydrogen) atoms. The molecule has 0 radical (unpaired) electrons. The lowest BCUT2D eigenvalue weighted by atomic mass is 10.0. The number of nitrogens with zero attached hydrogens (tertiary/aromatic N) is 1. The van der Waals surface area contributed by atoms with Crippen LogP contribution in [0.15, 0.2) is 72.8 Å². The Bertz CT molecular complexity index is 1060. The van der Waals surface area contributed by atoms with Crippen LogP contribution in [-0.2, 0) is 6.42 Å². The third-order valence-electron chi connectivity index (χ3n) is 5.12. The fourth-order valence-electron chi connectivity index (χ4n) is 3.71. The maximum absolute atomic E-state index is 6.17.